The monoisotopic (exact) mass is 124 g/mol. The van der Waals surface area contributed by atoms with Gasteiger partial charge in [-0.2, -0.15) is 0 Å². The minimum atomic E-state index is -0.176. The van der Waals surface area contributed by atoms with Gasteiger partial charge in [0.25, 0.3) is 0 Å². The van der Waals surface area contributed by atoms with Crippen LogP contribution in [0.4, 0.5) is 0 Å². The van der Waals surface area contributed by atoms with Gasteiger partial charge in [0.05, 0.1) is 12.7 Å². The molecule has 0 aromatic heterocycles. The van der Waals surface area contributed by atoms with Crippen molar-refractivity contribution in [1.29, 1.82) is 0 Å². The molecule has 1 heterocycles. The lowest BCUT2D eigenvalue weighted by molar-refractivity contribution is 0.127. The standard InChI is InChI=1S/C4H8O2.ClH/c5-4-1-2-6-3-4;/h4-5H,1-3H2;1H/t4-;/m1./s1. The number of aliphatic hydroxyl groups excluding tert-OH is 1. The van der Waals surface area contributed by atoms with E-state index in [1.807, 2.05) is 0 Å². The Morgan fingerprint density at radius 3 is 2.43 bits per heavy atom. The molecule has 1 N–H and O–H groups in total. The van der Waals surface area contributed by atoms with Crippen molar-refractivity contribution in [2.24, 2.45) is 0 Å². The van der Waals surface area contributed by atoms with E-state index in [4.69, 9.17) is 9.84 Å². The molecule has 1 fully saturated rings. The van der Waals surface area contributed by atoms with Crippen LogP contribution in [0, 0.1) is 0 Å². The second kappa shape index (κ2) is 3.24. The van der Waals surface area contributed by atoms with Gasteiger partial charge in [-0.15, -0.1) is 12.4 Å². The van der Waals surface area contributed by atoms with Crippen molar-refractivity contribution < 1.29 is 9.84 Å². The average molecular weight is 125 g/mol. The zero-order valence-electron chi connectivity index (χ0n) is 3.96. The summed E-state index contributed by atoms with van der Waals surface area (Å²) < 4.78 is 4.81. The van der Waals surface area contributed by atoms with Gasteiger partial charge in [0.15, 0.2) is 0 Å². The second-order valence-electron chi connectivity index (χ2n) is 1.52. The molecule has 2 nitrogen and oxygen atoms in total. The Kier molecular flexibility index (Phi) is 3.34. The third kappa shape index (κ3) is 2.12. The zero-order valence-corrected chi connectivity index (χ0v) is 4.78. The fraction of sp³-hybridized carbons (Fsp3) is 1.00. The zero-order chi connectivity index (χ0) is 4.41. The maximum atomic E-state index is 8.60. The Labute approximate surface area is 48.9 Å². The average Bonchev–Trinajstić information content (AvgIpc) is 1.86. The highest BCUT2D eigenvalue weighted by Crippen LogP contribution is 2.00. The molecule has 1 aliphatic heterocycles. The Morgan fingerprint density at radius 1 is 1.57 bits per heavy atom. The molecule has 3 heteroatoms. The van der Waals surface area contributed by atoms with Crippen LogP contribution >= 0.6 is 12.4 Å². The molecular weight excluding hydrogens is 115 g/mol. The van der Waals surface area contributed by atoms with E-state index in [1.54, 1.807) is 0 Å². The first-order valence-electron chi connectivity index (χ1n) is 2.15. The van der Waals surface area contributed by atoms with Crippen LogP contribution < -0.4 is 0 Å². The lowest BCUT2D eigenvalue weighted by Gasteiger charge is -1.89. The van der Waals surface area contributed by atoms with E-state index in [1.165, 1.54) is 0 Å². The highest BCUT2D eigenvalue weighted by atomic mass is 35.5. The third-order valence-electron chi connectivity index (χ3n) is 0.906. The predicted octanol–water partition coefficient (Wildman–Crippen LogP) is 0.189. The third-order valence-corrected chi connectivity index (χ3v) is 0.906. The van der Waals surface area contributed by atoms with Gasteiger partial charge in [-0.3, -0.25) is 0 Å². The molecule has 1 saturated heterocycles. The summed E-state index contributed by atoms with van der Waals surface area (Å²) >= 11 is 0. The lowest BCUT2D eigenvalue weighted by atomic mass is 10.3. The Balaban J connectivity index is 0.000000360. The van der Waals surface area contributed by atoms with E-state index in [9.17, 15) is 0 Å². The van der Waals surface area contributed by atoms with Crippen LogP contribution in [0.15, 0.2) is 0 Å². The summed E-state index contributed by atoms with van der Waals surface area (Å²) in [6, 6.07) is 0. The highest BCUT2D eigenvalue weighted by Gasteiger charge is 2.09. The van der Waals surface area contributed by atoms with Crippen LogP contribution in [-0.2, 0) is 4.74 Å². The SMILES string of the molecule is Cl.O[C@@H]1CCOC1. The molecule has 7 heavy (non-hydrogen) atoms. The maximum absolute atomic E-state index is 8.60. The van der Waals surface area contributed by atoms with Crippen molar-refractivity contribution in [3.05, 3.63) is 0 Å². The van der Waals surface area contributed by atoms with E-state index < -0.39 is 0 Å². The molecule has 0 unspecified atom stereocenters. The van der Waals surface area contributed by atoms with Gasteiger partial charge in [-0.05, 0) is 6.42 Å². The van der Waals surface area contributed by atoms with E-state index >= 15 is 0 Å². The van der Waals surface area contributed by atoms with E-state index in [2.05, 4.69) is 0 Å². The van der Waals surface area contributed by atoms with Gasteiger partial charge in [0.1, 0.15) is 0 Å². The number of aliphatic hydroxyl groups is 1. The summed E-state index contributed by atoms with van der Waals surface area (Å²) in [7, 11) is 0. The summed E-state index contributed by atoms with van der Waals surface area (Å²) in [6.07, 6.45) is 0.644. The number of halogens is 1. The molecule has 44 valence electrons. The van der Waals surface area contributed by atoms with E-state index in [0.717, 1.165) is 13.0 Å². The van der Waals surface area contributed by atoms with E-state index in [-0.39, 0.29) is 18.5 Å². The normalized spacial score (nSPS) is 29.6. The second-order valence-corrected chi connectivity index (χ2v) is 1.52. The van der Waals surface area contributed by atoms with Gasteiger partial charge in [-0.25, -0.2) is 0 Å². The molecule has 0 radical (unpaired) electrons. The fourth-order valence-corrected chi connectivity index (χ4v) is 0.522. The molecular formula is C4H9ClO2. The molecule has 0 saturated carbocycles. The molecule has 0 aromatic rings. The van der Waals surface area contributed by atoms with Crippen LogP contribution in [0.3, 0.4) is 0 Å². The molecule has 0 amide bonds. The molecule has 1 aliphatic rings. The first-order chi connectivity index (χ1) is 2.89. The van der Waals surface area contributed by atoms with Gasteiger partial charge in [0, 0.05) is 6.61 Å². The largest absolute Gasteiger partial charge is 0.391 e. The number of hydrogen-bond acceptors (Lipinski definition) is 2. The molecule has 0 aliphatic carbocycles. The number of rotatable bonds is 0. The van der Waals surface area contributed by atoms with Gasteiger partial charge in [0.2, 0.25) is 0 Å². The quantitative estimate of drug-likeness (QED) is 0.500. The van der Waals surface area contributed by atoms with Crippen molar-refractivity contribution >= 4 is 12.4 Å². The van der Waals surface area contributed by atoms with Crippen molar-refractivity contribution in [2.75, 3.05) is 13.2 Å². The van der Waals surface area contributed by atoms with Crippen LogP contribution in [-0.4, -0.2) is 24.4 Å². The van der Waals surface area contributed by atoms with Crippen LogP contribution in [0.5, 0.6) is 0 Å². The fourth-order valence-electron chi connectivity index (χ4n) is 0.522. The Hall–Kier alpha value is 0.210. The minimum absolute atomic E-state index is 0. The van der Waals surface area contributed by atoms with Gasteiger partial charge in [-0.1, -0.05) is 0 Å². The maximum Gasteiger partial charge on any atom is 0.0795 e. The Morgan fingerprint density at radius 2 is 2.29 bits per heavy atom. The summed E-state index contributed by atoms with van der Waals surface area (Å²) in [6.45, 7) is 1.28. The first kappa shape index (κ1) is 7.21. The molecule has 1 atom stereocenters. The minimum Gasteiger partial charge on any atom is -0.391 e. The topological polar surface area (TPSA) is 29.5 Å². The van der Waals surface area contributed by atoms with Crippen LogP contribution in [0.1, 0.15) is 6.42 Å². The predicted molar refractivity (Wildman–Crippen MR) is 28.7 cm³/mol. The van der Waals surface area contributed by atoms with Crippen molar-refractivity contribution in [3.63, 3.8) is 0 Å². The molecule has 0 spiro atoms. The summed E-state index contributed by atoms with van der Waals surface area (Å²) in [5.74, 6) is 0. The highest BCUT2D eigenvalue weighted by molar-refractivity contribution is 5.85. The smallest absolute Gasteiger partial charge is 0.0795 e. The lowest BCUT2D eigenvalue weighted by Crippen LogP contribution is -2.02. The molecule has 0 aromatic carbocycles. The number of hydrogen-bond donors (Lipinski definition) is 1. The van der Waals surface area contributed by atoms with Gasteiger partial charge >= 0.3 is 0 Å². The molecule has 1 rings (SSSR count). The van der Waals surface area contributed by atoms with Gasteiger partial charge < -0.3 is 9.84 Å². The van der Waals surface area contributed by atoms with E-state index in [0.29, 0.717) is 6.61 Å². The number of ether oxygens (including phenoxy) is 1. The summed E-state index contributed by atoms with van der Waals surface area (Å²) in [5.41, 5.74) is 0. The summed E-state index contributed by atoms with van der Waals surface area (Å²) in [4.78, 5) is 0. The van der Waals surface area contributed by atoms with Crippen LogP contribution in [0.25, 0.3) is 0 Å². The van der Waals surface area contributed by atoms with Crippen molar-refractivity contribution in [2.45, 2.75) is 12.5 Å². The van der Waals surface area contributed by atoms with Crippen molar-refractivity contribution in [3.8, 4) is 0 Å². The van der Waals surface area contributed by atoms with Crippen molar-refractivity contribution in [1.82, 2.24) is 0 Å². The molecule has 0 bridgehead atoms. The first-order valence-corrected chi connectivity index (χ1v) is 2.15. The van der Waals surface area contributed by atoms with Crippen LogP contribution in [0.2, 0.25) is 0 Å². The summed E-state index contributed by atoms with van der Waals surface area (Å²) in [5, 5.41) is 8.60. The Bertz CT molecular complexity index is 43.0.